The summed E-state index contributed by atoms with van der Waals surface area (Å²) < 4.78 is 1.51. The van der Waals surface area contributed by atoms with Crippen LogP contribution >= 0.6 is 0 Å². The predicted molar refractivity (Wildman–Crippen MR) is 51.8 cm³/mol. The molecule has 0 spiro atoms. The highest BCUT2D eigenvalue weighted by Gasteiger charge is 2.05. The van der Waals surface area contributed by atoms with Crippen molar-refractivity contribution in [2.24, 2.45) is 0 Å². The molecule has 0 atom stereocenters. The highest BCUT2D eigenvalue weighted by Crippen LogP contribution is 2.14. The number of rotatable bonds is 1. The molecular weight excluding hydrogens is 188 g/mol. The number of hydrogen-bond acceptors (Lipinski definition) is 3. The molecule has 0 aliphatic rings. The molecule has 0 unspecified atom stereocenters. The van der Waals surface area contributed by atoms with Crippen molar-refractivity contribution in [3.05, 3.63) is 47.8 Å². The molecule has 0 aliphatic carbocycles. The van der Waals surface area contributed by atoms with E-state index in [-0.39, 0.29) is 0 Å². The van der Waals surface area contributed by atoms with E-state index >= 15 is 0 Å². The second-order valence-corrected chi connectivity index (χ2v) is 2.84. The average molecular weight is 193 g/mol. The Kier molecular flexibility index (Phi) is 2.19. The fourth-order valence-electron chi connectivity index (χ4n) is 1.25. The van der Waals surface area contributed by atoms with Crippen LogP contribution in [-0.4, -0.2) is 9.78 Å². The number of nitriles is 2. The van der Waals surface area contributed by atoms with Gasteiger partial charge in [-0.25, -0.2) is 4.68 Å². The van der Waals surface area contributed by atoms with E-state index in [1.807, 2.05) is 6.07 Å². The van der Waals surface area contributed by atoms with Crippen molar-refractivity contribution >= 4 is 0 Å². The Morgan fingerprint density at radius 3 is 2.73 bits per heavy atom. The molecule has 0 amide bonds. The standard InChI is InChI=1S/C11H5N4/c12-7-9-2-3-10(8-13)11(6-9)15-5-1-4-14-15/h1-3,5-6H. The number of aromatic nitrogens is 2. The minimum atomic E-state index is 0.478. The predicted octanol–water partition coefficient (Wildman–Crippen LogP) is 1.42. The van der Waals surface area contributed by atoms with E-state index in [1.54, 1.807) is 30.5 Å². The first-order valence-corrected chi connectivity index (χ1v) is 4.21. The molecule has 1 aromatic carbocycles. The molecule has 1 heterocycles. The van der Waals surface area contributed by atoms with Crippen molar-refractivity contribution in [2.75, 3.05) is 0 Å². The second kappa shape index (κ2) is 3.65. The topological polar surface area (TPSA) is 65.4 Å². The molecule has 0 N–H and O–H groups in total. The molecule has 0 fully saturated rings. The fraction of sp³-hybridized carbons (Fsp3) is 0. The molecular formula is C11H5N4. The van der Waals surface area contributed by atoms with E-state index in [4.69, 9.17) is 10.5 Å². The van der Waals surface area contributed by atoms with Gasteiger partial charge < -0.3 is 0 Å². The van der Waals surface area contributed by atoms with Crippen LogP contribution < -0.4 is 0 Å². The van der Waals surface area contributed by atoms with Crippen molar-refractivity contribution in [3.63, 3.8) is 0 Å². The van der Waals surface area contributed by atoms with Gasteiger partial charge in [0.05, 0.1) is 22.9 Å². The number of hydrogen-bond donors (Lipinski definition) is 0. The highest BCUT2D eigenvalue weighted by atomic mass is 15.3. The molecule has 15 heavy (non-hydrogen) atoms. The Hall–Kier alpha value is -2.59. The van der Waals surface area contributed by atoms with Gasteiger partial charge in [-0.3, -0.25) is 0 Å². The van der Waals surface area contributed by atoms with Gasteiger partial charge in [-0.1, -0.05) is 0 Å². The van der Waals surface area contributed by atoms with Crippen molar-refractivity contribution in [3.8, 4) is 17.8 Å². The average Bonchev–Trinajstić information content (AvgIpc) is 2.81. The van der Waals surface area contributed by atoms with Gasteiger partial charge in [-0.05, 0) is 24.3 Å². The second-order valence-electron chi connectivity index (χ2n) is 2.84. The van der Waals surface area contributed by atoms with Crippen LogP contribution in [0.15, 0.2) is 30.5 Å². The van der Waals surface area contributed by atoms with Crippen LogP contribution in [0.2, 0.25) is 0 Å². The van der Waals surface area contributed by atoms with Crippen LogP contribution in [0, 0.1) is 28.9 Å². The van der Waals surface area contributed by atoms with Crippen molar-refractivity contribution < 1.29 is 0 Å². The molecule has 4 heteroatoms. The van der Waals surface area contributed by atoms with Crippen LogP contribution in [0.25, 0.3) is 5.69 Å². The lowest BCUT2D eigenvalue weighted by molar-refractivity contribution is 0.873. The molecule has 0 saturated heterocycles. The van der Waals surface area contributed by atoms with Gasteiger partial charge in [0.2, 0.25) is 0 Å². The molecule has 4 nitrogen and oxygen atoms in total. The Bertz CT molecular complexity index is 555. The summed E-state index contributed by atoms with van der Waals surface area (Å²) in [4.78, 5) is 0. The maximum absolute atomic E-state index is 8.90. The third-order valence-electron chi connectivity index (χ3n) is 1.95. The third kappa shape index (κ3) is 1.56. The highest BCUT2D eigenvalue weighted by molar-refractivity contribution is 5.52. The zero-order chi connectivity index (χ0) is 10.7. The fourth-order valence-corrected chi connectivity index (χ4v) is 1.25. The van der Waals surface area contributed by atoms with E-state index in [9.17, 15) is 0 Å². The first kappa shape index (κ1) is 8.98. The van der Waals surface area contributed by atoms with E-state index in [2.05, 4.69) is 17.4 Å². The van der Waals surface area contributed by atoms with Crippen LogP contribution in [0.1, 0.15) is 11.1 Å². The molecule has 2 aromatic rings. The van der Waals surface area contributed by atoms with Gasteiger partial charge in [0, 0.05) is 6.20 Å². The maximum Gasteiger partial charge on any atom is 0.113 e. The zero-order valence-corrected chi connectivity index (χ0v) is 7.68. The summed E-state index contributed by atoms with van der Waals surface area (Å²) in [7, 11) is 0. The van der Waals surface area contributed by atoms with E-state index in [1.165, 1.54) is 4.68 Å². The van der Waals surface area contributed by atoms with Gasteiger partial charge >= 0.3 is 0 Å². The first-order valence-electron chi connectivity index (χ1n) is 4.21. The third-order valence-corrected chi connectivity index (χ3v) is 1.95. The van der Waals surface area contributed by atoms with Crippen molar-refractivity contribution in [1.29, 1.82) is 10.5 Å². The van der Waals surface area contributed by atoms with Crippen LogP contribution in [0.5, 0.6) is 0 Å². The number of benzene rings is 1. The molecule has 0 bridgehead atoms. The monoisotopic (exact) mass is 193 g/mol. The minimum absolute atomic E-state index is 0.478. The van der Waals surface area contributed by atoms with Crippen LogP contribution in [0.3, 0.4) is 0 Å². The van der Waals surface area contributed by atoms with Crippen LogP contribution in [0.4, 0.5) is 0 Å². The summed E-state index contributed by atoms with van der Waals surface area (Å²) >= 11 is 0. The normalized spacial score (nSPS) is 9.20. The molecule has 2 rings (SSSR count). The van der Waals surface area contributed by atoms with E-state index in [0.29, 0.717) is 16.8 Å². The molecule has 0 aliphatic heterocycles. The lowest BCUT2D eigenvalue weighted by Crippen LogP contribution is -1.98. The first-order chi connectivity index (χ1) is 7.35. The lowest BCUT2D eigenvalue weighted by atomic mass is 10.1. The van der Waals surface area contributed by atoms with Gasteiger partial charge in [-0.15, -0.1) is 0 Å². The van der Waals surface area contributed by atoms with E-state index in [0.717, 1.165) is 0 Å². The SMILES string of the molecule is N#Cc1ccc(C#N)c(-n2cc[c]n2)c1. The molecule has 1 radical (unpaired) electrons. The van der Waals surface area contributed by atoms with Gasteiger partial charge in [0.15, 0.2) is 0 Å². The Morgan fingerprint density at radius 2 is 2.13 bits per heavy atom. The summed E-state index contributed by atoms with van der Waals surface area (Å²) in [5.41, 5.74) is 1.57. The number of nitrogens with zero attached hydrogens (tertiary/aromatic N) is 4. The van der Waals surface area contributed by atoms with Crippen molar-refractivity contribution in [2.45, 2.75) is 0 Å². The van der Waals surface area contributed by atoms with Gasteiger partial charge in [-0.2, -0.15) is 15.6 Å². The summed E-state index contributed by atoms with van der Waals surface area (Å²) in [6, 6.07) is 10.5. The smallest absolute Gasteiger partial charge is 0.113 e. The maximum atomic E-state index is 8.90. The quantitative estimate of drug-likeness (QED) is 0.687. The Labute approximate surface area is 86.6 Å². The van der Waals surface area contributed by atoms with Crippen molar-refractivity contribution in [1.82, 2.24) is 9.78 Å². The Morgan fingerprint density at radius 1 is 1.27 bits per heavy atom. The zero-order valence-electron chi connectivity index (χ0n) is 7.68. The van der Waals surface area contributed by atoms with Crippen LogP contribution in [-0.2, 0) is 0 Å². The van der Waals surface area contributed by atoms with E-state index < -0.39 is 0 Å². The molecule has 1 aromatic heterocycles. The summed E-state index contributed by atoms with van der Waals surface area (Å²) in [5.74, 6) is 0. The lowest BCUT2D eigenvalue weighted by Gasteiger charge is -2.03. The Balaban J connectivity index is 2.65. The minimum Gasteiger partial charge on any atom is -0.239 e. The molecule has 0 saturated carbocycles. The largest absolute Gasteiger partial charge is 0.239 e. The van der Waals surface area contributed by atoms with Gasteiger partial charge in [0.1, 0.15) is 12.3 Å². The summed E-state index contributed by atoms with van der Waals surface area (Å²) in [6.45, 7) is 0. The summed E-state index contributed by atoms with van der Waals surface area (Å²) in [6.07, 6.45) is 4.32. The summed E-state index contributed by atoms with van der Waals surface area (Å²) in [5, 5.41) is 21.6. The molecule has 69 valence electrons. The van der Waals surface area contributed by atoms with Gasteiger partial charge in [0.25, 0.3) is 0 Å².